The van der Waals surface area contributed by atoms with Gasteiger partial charge in [-0.3, -0.25) is 14.9 Å². The van der Waals surface area contributed by atoms with Gasteiger partial charge in [-0.15, -0.1) is 6.58 Å². The molecule has 3 aromatic rings. The topological polar surface area (TPSA) is 77.5 Å². The summed E-state index contributed by atoms with van der Waals surface area (Å²) in [6, 6.07) is 8.79. The Labute approximate surface area is 161 Å². The van der Waals surface area contributed by atoms with Gasteiger partial charge in [0.1, 0.15) is 0 Å². The van der Waals surface area contributed by atoms with E-state index in [1.807, 2.05) is 0 Å². The van der Waals surface area contributed by atoms with E-state index in [2.05, 4.69) is 11.6 Å². The van der Waals surface area contributed by atoms with Crippen molar-refractivity contribution in [2.75, 3.05) is 0 Å². The molecule has 0 spiro atoms. The quantitative estimate of drug-likeness (QED) is 0.352. The van der Waals surface area contributed by atoms with Gasteiger partial charge in [0.2, 0.25) is 0 Å². The summed E-state index contributed by atoms with van der Waals surface area (Å²) in [5.74, 6) is -0.583. The van der Waals surface area contributed by atoms with Crippen LogP contribution in [-0.4, -0.2) is 15.4 Å². The van der Waals surface area contributed by atoms with E-state index in [-0.39, 0.29) is 11.3 Å². The number of non-ortho nitro benzene ring substituents is 1. The normalized spacial score (nSPS) is 11.7. The summed E-state index contributed by atoms with van der Waals surface area (Å²) in [6.07, 6.45) is 1.66. The fraction of sp³-hybridized carbons (Fsp3) is 0.0588. The van der Waals surface area contributed by atoms with Gasteiger partial charge >= 0.3 is 0 Å². The first-order chi connectivity index (χ1) is 12.4. The molecule has 0 fully saturated rings. The van der Waals surface area contributed by atoms with E-state index in [1.54, 1.807) is 22.8 Å². The molecular formula is C17H11Cl2N3O3S. The van der Waals surface area contributed by atoms with Crippen molar-refractivity contribution in [3.63, 3.8) is 0 Å². The van der Waals surface area contributed by atoms with E-state index >= 15 is 0 Å². The number of allylic oxidation sites excluding steroid dienone is 1. The van der Waals surface area contributed by atoms with Crippen molar-refractivity contribution < 1.29 is 9.72 Å². The van der Waals surface area contributed by atoms with Crippen LogP contribution in [0.4, 0.5) is 5.69 Å². The van der Waals surface area contributed by atoms with Crippen LogP contribution in [0.15, 0.2) is 54.0 Å². The van der Waals surface area contributed by atoms with Gasteiger partial charge < -0.3 is 4.57 Å². The molecule has 6 nitrogen and oxygen atoms in total. The standard InChI is InChI=1S/C17H11Cl2N3O3S/c1-2-6-21-15-13(19)8-11(18)9-14(15)26-17(21)20-16(23)10-4-3-5-12(7-10)22(24)25/h2-5,7-9H,1,6H2. The van der Waals surface area contributed by atoms with Crippen LogP contribution in [0.25, 0.3) is 10.2 Å². The lowest BCUT2D eigenvalue weighted by Crippen LogP contribution is -2.16. The SMILES string of the molecule is C=CCn1c(=NC(=O)c2cccc([N+](=O)[O-])c2)sc2cc(Cl)cc(Cl)c21. The second-order valence-electron chi connectivity index (χ2n) is 5.24. The Bertz CT molecular complexity index is 1120. The van der Waals surface area contributed by atoms with Crippen LogP contribution in [0.5, 0.6) is 0 Å². The predicted molar refractivity (Wildman–Crippen MR) is 103 cm³/mol. The van der Waals surface area contributed by atoms with Crippen LogP contribution in [0.3, 0.4) is 0 Å². The maximum atomic E-state index is 12.5. The molecule has 0 N–H and O–H groups in total. The van der Waals surface area contributed by atoms with Crippen LogP contribution in [0.2, 0.25) is 10.0 Å². The second-order valence-corrected chi connectivity index (χ2v) is 7.10. The molecule has 0 aliphatic rings. The summed E-state index contributed by atoms with van der Waals surface area (Å²) in [5, 5.41) is 11.8. The molecule has 0 unspecified atom stereocenters. The van der Waals surface area contributed by atoms with Crippen LogP contribution in [0, 0.1) is 10.1 Å². The zero-order valence-electron chi connectivity index (χ0n) is 13.2. The number of nitrogens with zero attached hydrogens (tertiary/aromatic N) is 3. The maximum Gasteiger partial charge on any atom is 0.279 e. The van der Waals surface area contributed by atoms with E-state index in [0.29, 0.717) is 26.9 Å². The number of hydrogen-bond donors (Lipinski definition) is 0. The fourth-order valence-corrected chi connectivity index (χ4v) is 4.24. The van der Waals surface area contributed by atoms with Gasteiger partial charge in [0.05, 0.1) is 20.2 Å². The number of nitro groups is 1. The van der Waals surface area contributed by atoms with E-state index in [4.69, 9.17) is 23.2 Å². The summed E-state index contributed by atoms with van der Waals surface area (Å²) >= 11 is 13.6. The molecule has 26 heavy (non-hydrogen) atoms. The molecule has 1 heterocycles. The third-order valence-electron chi connectivity index (χ3n) is 3.51. The Kier molecular flexibility index (Phi) is 5.22. The van der Waals surface area contributed by atoms with E-state index in [9.17, 15) is 14.9 Å². The minimum absolute atomic E-state index is 0.130. The summed E-state index contributed by atoms with van der Waals surface area (Å²) in [6.45, 7) is 4.10. The van der Waals surface area contributed by atoms with Crippen LogP contribution < -0.4 is 4.80 Å². The highest BCUT2D eigenvalue weighted by Gasteiger charge is 2.14. The molecule has 0 bridgehead atoms. The van der Waals surface area contributed by atoms with E-state index in [0.717, 1.165) is 4.70 Å². The van der Waals surface area contributed by atoms with Gasteiger partial charge in [0.25, 0.3) is 11.6 Å². The molecule has 0 saturated heterocycles. The number of aromatic nitrogens is 1. The third-order valence-corrected chi connectivity index (χ3v) is 5.04. The summed E-state index contributed by atoms with van der Waals surface area (Å²) < 4.78 is 2.52. The van der Waals surface area contributed by atoms with Crippen LogP contribution in [0.1, 0.15) is 10.4 Å². The lowest BCUT2D eigenvalue weighted by molar-refractivity contribution is -0.384. The number of amides is 1. The first-order valence-electron chi connectivity index (χ1n) is 7.33. The van der Waals surface area contributed by atoms with Crippen molar-refractivity contribution in [1.29, 1.82) is 0 Å². The Morgan fingerprint density at radius 1 is 1.35 bits per heavy atom. The summed E-state index contributed by atoms with van der Waals surface area (Å²) in [7, 11) is 0. The van der Waals surface area contributed by atoms with Gasteiger partial charge in [0, 0.05) is 29.3 Å². The Morgan fingerprint density at radius 2 is 2.12 bits per heavy atom. The minimum atomic E-state index is -0.583. The lowest BCUT2D eigenvalue weighted by Gasteiger charge is -2.03. The first-order valence-corrected chi connectivity index (χ1v) is 8.90. The fourth-order valence-electron chi connectivity index (χ4n) is 2.42. The molecule has 0 aliphatic carbocycles. The monoisotopic (exact) mass is 407 g/mol. The molecule has 0 saturated carbocycles. The molecule has 3 rings (SSSR count). The maximum absolute atomic E-state index is 12.5. The molecule has 0 atom stereocenters. The number of carbonyl (C=O) groups is 1. The predicted octanol–water partition coefficient (Wildman–Crippen LogP) is 4.84. The first kappa shape index (κ1) is 18.3. The highest BCUT2D eigenvalue weighted by atomic mass is 35.5. The highest BCUT2D eigenvalue weighted by molar-refractivity contribution is 7.16. The molecule has 9 heteroatoms. The van der Waals surface area contributed by atoms with Crippen molar-refractivity contribution in [3.05, 3.63) is 79.6 Å². The Hall–Kier alpha value is -2.48. The van der Waals surface area contributed by atoms with Gasteiger partial charge in [-0.05, 0) is 18.2 Å². The van der Waals surface area contributed by atoms with Crippen molar-refractivity contribution in [3.8, 4) is 0 Å². The van der Waals surface area contributed by atoms with Crippen LogP contribution in [-0.2, 0) is 6.54 Å². The Morgan fingerprint density at radius 3 is 2.81 bits per heavy atom. The summed E-state index contributed by atoms with van der Waals surface area (Å²) in [4.78, 5) is 27.3. The van der Waals surface area contributed by atoms with E-state index in [1.165, 1.54) is 35.6 Å². The number of rotatable bonds is 4. The van der Waals surface area contributed by atoms with E-state index < -0.39 is 10.8 Å². The van der Waals surface area contributed by atoms with Gasteiger partial charge in [-0.2, -0.15) is 4.99 Å². The number of hydrogen-bond acceptors (Lipinski definition) is 4. The molecule has 0 aliphatic heterocycles. The van der Waals surface area contributed by atoms with Crippen molar-refractivity contribution in [2.24, 2.45) is 4.99 Å². The zero-order valence-corrected chi connectivity index (χ0v) is 15.5. The molecule has 0 radical (unpaired) electrons. The van der Waals surface area contributed by atoms with Gasteiger partial charge in [-0.1, -0.05) is 46.7 Å². The van der Waals surface area contributed by atoms with Crippen molar-refractivity contribution in [1.82, 2.24) is 4.57 Å². The second kappa shape index (κ2) is 7.41. The lowest BCUT2D eigenvalue weighted by atomic mass is 10.2. The van der Waals surface area contributed by atoms with Crippen LogP contribution >= 0.6 is 34.5 Å². The molecule has 132 valence electrons. The van der Waals surface area contributed by atoms with Gasteiger partial charge in [-0.25, -0.2) is 0 Å². The molecule has 1 aromatic heterocycles. The van der Waals surface area contributed by atoms with Crippen molar-refractivity contribution >= 4 is 56.3 Å². The number of nitro benzene ring substituents is 1. The highest BCUT2D eigenvalue weighted by Crippen LogP contribution is 2.29. The number of thiazole rings is 1. The van der Waals surface area contributed by atoms with Gasteiger partial charge in [0.15, 0.2) is 4.80 Å². The summed E-state index contributed by atoms with van der Waals surface area (Å²) in [5.41, 5.74) is 0.661. The number of benzene rings is 2. The average Bonchev–Trinajstić information content (AvgIpc) is 2.92. The molecule has 2 aromatic carbocycles. The minimum Gasteiger partial charge on any atom is -0.311 e. The van der Waals surface area contributed by atoms with Crippen molar-refractivity contribution in [2.45, 2.75) is 6.54 Å². The third kappa shape index (κ3) is 3.55. The molecular weight excluding hydrogens is 397 g/mol. The number of halogens is 2. The number of carbonyl (C=O) groups excluding carboxylic acids is 1. The molecule has 1 amide bonds. The average molecular weight is 408 g/mol. The zero-order chi connectivity index (χ0) is 18.8. The smallest absolute Gasteiger partial charge is 0.279 e. The Balaban J connectivity index is 2.17. The number of fused-ring (bicyclic) bond motifs is 1. The largest absolute Gasteiger partial charge is 0.311 e.